The van der Waals surface area contributed by atoms with Crippen LogP contribution in [0.3, 0.4) is 0 Å². The number of carbonyl (C=O) groups excluding carboxylic acids is 3. The first-order chi connectivity index (χ1) is 20.8. The Morgan fingerprint density at radius 3 is 2.63 bits per heavy atom. The second-order valence-corrected chi connectivity index (χ2v) is 12.7. The van der Waals surface area contributed by atoms with Crippen molar-refractivity contribution in [3.05, 3.63) is 28.0 Å². The zero-order chi connectivity index (χ0) is 29.8. The number of rotatable bonds is 5. The Balaban J connectivity index is 1.11. The van der Waals surface area contributed by atoms with Gasteiger partial charge in [0.2, 0.25) is 11.8 Å². The van der Waals surface area contributed by atoms with Crippen LogP contribution in [-0.4, -0.2) is 129 Å². The average molecular weight is 603 g/mol. The van der Waals surface area contributed by atoms with Gasteiger partial charge in [-0.25, -0.2) is 9.18 Å². The number of H-pyrrole nitrogens is 2. The molecule has 1 aromatic rings. The molecule has 2 aliphatic carbocycles. The molecule has 234 valence electrons. The highest BCUT2D eigenvalue weighted by Crippen LogP contribution is 2.47. The SMILES string of the molecule is O=C(Cc1[nH]c(=O)[nH]c1O)NC1CCN(C2C(F)CC3C(=O)C(C(=O)N4CCOCC4)=CN4C5CCCCC5OC2C34)C1. The van der Waals surface area contributed by atoms with E-state index in [2.05, 4.69) is 20.2 Å². The maximum atomic E-state index is 16.3. The number of nitrogens with zero attached hydrogens (tertiary/aromatic N) is 3. The van der Waals surface area contributed by atoms with E-state index in [0.29, 0.717) is 45.8 Å². The van der Waals surface area contributed by atoms with Crippen molar-refractivity contribution in [2.75, 3.05) is 39.4 Å². The largest absolute Gasteiger partial charge is 0.493 e. The standard InChI is InChI=1S/C29H39FN6O7/c30-18-11-16-23-26(24(18)35-6-5-15(13-35)31-22(37)12-19-27(39)33-29(41)32-19)43-21-4-2-1-3-20(21)36(23)14-17(25(16)38)28(40)34-7-9-42-10-8-34/h14-16,18,20-21,23-24,26,39H,1-13H2,(H,31,37)(H2,32,33,41). The number of ether oxygens (including phenoxy) is 2. The number of aromatic nitrogens is 2. The Labute approximate surface area is 247 Å². The fourth-order valence-corrected chi connectivity index (χ4v) is 8.24. The molecule has 3 saturated heterocycles. The zero-order valence-electron chi connectivity index (χ0n) is 24.0. The third kappa shape index (κ3) is 5.16. The van der Waals surface area contributed by atoms with E-state index in [1.54, 1.807) is 11.1 Å². The Morgan fingerprint density at radius 2 is 1.86 bits per heavy atom. The summed E-state index contributed by atoms with van der Waals surface area (Å²) in [6, 6.07) is -1.14. The number of halogens is 1. The number of imidazole rings is 1. The molecule has 0 aromatic carbocycles. The minimum atomic E-state index is -1.34. The van der Waals surface area contributed by atoms with E-state index in [9.17, 15) is 24.3 Å². The first kappa shape index (κ1) is 28.5. The lowest BCUT2D eigenvalue weighted by Crippen LogP contribution is -2.73. The first-order valence-corrected chi connectivity index (χ1v) is 15.5. The van der Waals surface area contributed by atoms with Crippen molar-refractivity contribution in [1.29, 1.82) is 0 Å². The molecule has 1 aromatic heterocycles. The highest BCUT2D eigenvalue weighted by atomic mass is 19.1. The van der Waals surface area contributed by atoms with Crippen LogP contribution in [-0.2, 0) is 30.3 Å². The van der Waals surface area contributed by atoms with Gasteiger partial charge < -0.3 is 34.7 Å². The van der Waals surface area contributed by atoms with Gasteiger partial charge in [-0.15, -0.1) is 0 Å². The monoisotopic (exact) mass is 602 g/mol. The molecule has 43 heavy (non-hydrogen) atoms. The summed E-state index contributed by atoms with van der Waals surface area (Å²) in [7, 11) is 0. The molecular formula is C29H39FN6O7. The summed E-state index contributed by atoms with van der Waals surface area (Å²) in [6.45, 7) is 2.70. The Bertz CT molecular complexity index is 1360. The predicted molar refractivity (Wildman–Crippen MR) is 149 cm³/mol. The Hall–Kier alpha value is -3.23. The second kappa shape index (κ2) is 11.4. The molecule has 5 fully saturated rings. The molecule has 8 atom stereocenters. The number of likely N-dealkylation sites (tertiary alicyclic amines) is 1. The van der Waals surface area contributed by atoms with Gasteiger partial charge in [-0.1, -0.05) is 12.8 Å². The van der Waals surface area contributed by atoms with Crippen LogP contribution in [0.1, 0.15) is 44.2 Å². The number of Topliss-reactive ketones (excluding diaryl/α,β-unsaturated/α-hetero) is 1. The van der Waals surface area contributed by atoms with E-state index >= 15 is 4.39 Å². The van der Waals surface area contributed by atoms with Gasteiger partial charge in [0.15, 0.2) is 5.78 Å². The van der Waals surface area contributed by atoms with Gasteiger partial charge in [0.25, 0.3) is 5.91 Å². The number of alkyl halides is 1. The molecule has 2 saturated carbocycles. The van der Waals surface area contributed by atoms with Crippen LogP contribution < -0.4 is 11.0 Å². The van der Waals surface area contributed by atoms with Crippen molar-refractivity contribution in [3.8, 4) is 5.88 Å². The van der Waals surface area contributed by atoms with E-state index in [1.165, 1.54) is 0 Å². The lowest BCUT2D eigenvalue weighted by Gasteiger charge is -2.60. The highest BCUT2D eigenvalue weighted by Gasteiger charge is 2.60. The van der Waals surface area contributed by atoms with Gasteiger partial charge in [0, 0.05) is 44.3 Å². The molecule has 6 aliphatic rings. The Morgan fingerprint density at radius 1 is 1.07 bits per heavy atom. The quantitative estimate of drug-likeness (QED) is 0.328. The second-order valence-electron chi connectivity index (χ2n) is 12.7. The molecule has 0 bridgehead atoms. The Kier molecular flexibility index (Phi) is 7.54. The minimum Gasteiger partial charge on any atom is -0.493 e. The first-order valence-electron chi connectivity index (χ1n) is 15.5. The number of morpholine rings is 2. The van der Waals surface area contributed by atoms with Crippen LogP contribution in [0.4, 0.5) is 4.39 Å². The van der Waals surface area contributed by atoms with Gasteiger partial charge in [-0.2, -0.15) is 0 Å². The third-order valence-corrected chi connectivity index (χ3v) is 10.2. The summed E-state index contributed by atoms with van der Waals surface area (Å²) in [5, 5.41) is 12.7. The molecule has 0 spiro atoms. The number of amides is 2. The molecule has 0 radical (unpaired) electrons. The number of aromatic amines is 2. The highest BCUT2D eigenvalue weighted by molar-refractivity contribution is 6.20. The average Bonchev–Trinajstić information content (AvgIpc) is 3.58. The number of hydrogen-bond donors (Lipinski definition) is 4. The molecule has 4 aliphatic heterocycles. The normalized spacial score (nSPS) is 36.1. The lowest BCUT2D eigenvalue weighted by molar-refractivity contribution is -0.210. The smallest absolute Gasteiger partial charge is 0.325 e. The topological polar surface area (TPSA) is 160 Å². The number of nitrogens with one attached hydrogen (secondary N) is 3. The number of hydrogen-bond acceptors (Lipinski definition) is 9. The van der Waals surface area contributed by atoms with Gasteiger partial charge in [-0.05, 0) is 25.7 Å². The van der Waals surface area contributed by atoms with Crippen LogP contribution in [0, 0.1) is 5.92 Å². The van der Waals surface area contributed by atoms with Crippen molar-refractivity contribution < 1.29 is 33.4 Å². The molecule has 4 N–H and O–H groups in total. The van der Waals surface area contributed by atoms with Crippen LogP contribution >= 0.6 is 0 Å². The minimum absolute atomic E-state index is 0.0172. The van der Waals surface area contributed by atoms with E-state index in [1.807, 2.05) is 4.90 Å². The molecule has 13 nitrogen and oxygen atoms in total. The van der Waals surface area contributed by atoms with Crippen LogP contribution in [0.15, 0.2) is 16.6 Å². The van der Waals surface area contributed by atoms with E-state index < -0.39 is 29.9 Å². The van der Waals surface area contributed by atoms with Crippen molar-refractivity contribution >= 4 is 17.6 Å². The number of aromatic hydroxyl groups is 1. The van der Waals surface area contributed by atoms with E-state index in [0.717, 1.165) is 25.7 Å². The summed E-state index contributed by atoms with van der Waals surface area (Å²) in [6.07, 6.45) is 4.00. The summed E-state index contributed by atoms with van der Waals surface area (Å²) in [4.78, 5) is 61.9. The number of ketones is 1. The number of fused-ring (bicyclic) bond motifs is 2. The molecule has 2 amide bonds. The van der Waals surface area contributed by atoms with Crippen LogP contribution in [0.2, 0.25) is 0 Å². The molecule has 14 heteroatoms. The zero-order valence-corrected chi connectivity index (χ0v) is 24.0. The van der Waals surface area contributed by atoms with Crippen molar-refractivity contribution in [2.45, 2.75) is 87.5 Å². The fraction of sp³-hybridized carbons (Fsp3) is 0.724. The lowest BCUT2D eigenvalue weighted by atomic mass is 9.69. The summed E-state index contributed by atoms with van der Waals surface area (Å²) in [5.41, 5.74) is -0.330. The molecule has 5 heterocycles. The van der Waals surface area contributed by atoms with Gasteiger partial charge >= 0.3 is 5.69 Å². The van der Waals surface area contributed by atoms with E-state index in [4.69, 9.17) is 9.47 Å². The maximum Gasteiger partial charge on any atom is 0.325 e. The third-order valence-electron chi connectivity index (χ3n) is 10.2. The molecule has 8 unspecified atom stereocenters. The maximum absolute atomic E-state index is 16.3. The van der Waals surface area contributed by atoms with Crippen LogP contribution in [0.5, 0.6) is 5.88 Å². The summed E-state index contributed by atoms with van der Waals surface area (Å²) >= 11 is 0. The molecule has 7 rings (SSSR count). The summed E-state index contributed by atoms with van der Waals surface area (Å²) in [5.74, 6) is -1.98. The van der Waals surface area contributed by atoms with Crippen molar-refractivity contribution in [3.63, 3.8) is 0 Å². The predicted octanol–water partition coefficient (Wildman–Crippen LogP) is -0.426. The number of carbonyl (C=O) groups is 3. The van der Waals surface area contributed by atoms with E-state index in [-0.39, 0.29) is 71.8 Å². The van der Waals surface area contributed by atoms with Gasteiger partial charge in [0.1, 0.15) is 6.17 Å². The van der Waals surface area contributed by atoms with Gasteiger partial charge in [-0.3, -0.25) is 24.3 Å². The fourth-order valence-electron chi connectivity index (χ4n) is 8.24. The van der Waals surface area contributed by atoms with Crippen molar-refractivity contribution in [2.24, 2.45) is 5.92 Å². The van der Waals surface area contributed by atoms with Crippen molar-refractivity contribution in [1.82, 2.24) is 30.0 Å². The van der Waals surface area contributed by atoms with Crippen LogP contribution in [0.25, 0.3) is 0 Å². The summed E-state index contributed by atoms with van der Waals surface area (Å²) < 4.78 is 28.4. The molecular weight excluding hydrogens is 563 g/mol. The van der Waals surface area contributed by atoms with Gasteiger partial charge in [0.05, 0.1) is 61.2 Å².